The monoisotopic (exact) mass is 355 g/mol. The molecule has 0 saturated carbocycles. The van der Waals surface area contributed by atoms with Gasteiger partial charge in [0.05, 0.1) is 24.3 Å². The molecule has 2 aromatic heterocycles. The van der Waals surface area contributed by atoms with E-state index in [9.17, 15) is 9.90 Å². The van der Waals surface area contributed by atoms with Gasteiger partial charge in [-0.25, -0.2) is 9.97 Å². The highest BCUT2D eigenvalue weighted by molar-refractivity contribution is 7.13. The molecular weight excluding hydrogens is 338 g/mol. The van der Waals surface area contributed by atoms with Crippen LogP contribution < -0.4 is 10.1 Å². The summed E-state index contributed by atoms with van der Waals surface area (Å²) in [5.41, 5.74) is 1.56. The van der Waals surface area contributed by atoms with E-state index in [0.717, 1.165) is 16.3 Å². The number of pyridine rings is 1. The molecule has 0 atom stereocenters. The van der Waals surface area contributed by atoms with Gasteiger partial charge in [-0.15, -0.1) is 11.3 Å². The molecule has 1 aromatic carbocycles. The third kappa shape index (κ3) is 4.13. The number of hydrogen-bond acceptors (Lipinski definition) is 6. The molecule has 6 nitrogen and oxygen atoms in total. The lowest BCUT2D eigenvalue weighted by Gasteiger charge is -2.07. The molecule has 25 heavy (non-hydrogen) atoms. The first-order valence-corrected chi connectivity index (χ1v) is 8.65. The summed E-state index contributed by atoms with van der Waals surface area (Å²) in [5.74, 6) is 0.558. The Labute approximate surface area is 149 Å². The first-order valence-electron chi connectivity index (χ1n) is 7.77. The van der Waals surface area contributed by atoms with Crippen molar-refractivity contribution < 1.29 is 14.6 Å². The summed E-state index contributed by atoms with van der Waals surface area (Å²) < 4.78 is 5.63. The average molecular weight is 355 g/mol. The van der Waals surface area contributed by atoms with E-state index in [1.54, 1.807) is 6.07 Å². The van der Waals surface area contributed by atoms with E-state index < -0.39 is 0 Å². The zero-order valence-corrected chi connectivity index (χ0v) is 14.4. The number of carbonyl (C=O) groups excluding carboxylic acids is 1. The summed E-state index contributed by atoms with van der Waals surface area (Å²) in [5, 5.41) is 14.9. The van der Waals surface area contributed by atoms with Crippen molar-refractivity contribution >= 4 is 23.1 Å². The van der Waals surface area contributed by atoms with Gasteiger partial charge < -0.3 is 15.2 Å². The molecule has 0 aliphatic rings. The number of hydrogen-bond donors (Lipinski definition) is 2. The van der Waals surface area contributed by atoms with E-state index in [-0.39, 0.29) is 23.9 Å². The number of benzene rings is 1. The number of ether oxygens (including phenoxy) is 1. The summed E-state index contributed by atoms with van der Waals surface area (Å²) in [7, 11) is 0. The standard InChI is InChI=1S/C18H17N3O3S/c1-2-24-15-8-4-3-6-13(15)18-20-12(11-25-18)10-16(23)21-17-14(22)7-5-9-19-17/h3-9,11,22H,2,10H2,1H3,(H,19,21,23). The summed E-state index contributed by atoms with van der Waals surface area (Å²) >= 11 is 1.46. The quantitative estimate of drug-likeness (QED) is 0.707. The minimum absolute atomic E-state index is 0.0690. The lowest BCUT2D eigenvalue weighted by atomic mass is 10.2. The SMILES string of the molecule is CCOc1ccccc1-c1nc(CC(=O)Nc2ncccc2O)cs1. The van der Waals surface area contributed by atoms with Crippen molar-refractivity contribution in [2.45, 2.75) is 13.3 Å². The molecule has 2 heterocycles. The fourth-order valence-electron chi connectivity index (χ4n) is 2.27. The fraction of sp³-hybridized carbons (Fsp3) is 0.167. The van der Waals surface area contributed by atoms with Crippen molar-refractivity contribution in [3.05, 3.63) is 53.7 Å². The first-order chi connectivity index (χ1) is 12.2. The van der Waals surface area contributed by atoms with Crippen LogP contribution in [0.2, 0.25) is 0 Å². The number of amides is 1. The number of nitrogens with one attached hydrogen (secondary N) is 1. The molecule has 0 spiro atoms. The Hall–Kier alpha value is -2.93. The number of para-hydroxylation sites is 1. The van der Waals surface area contributed by atoms with E-state index in [1.807, 2.05) is 36.6 Å². The van der Waals surface area contributed by atoms with Crippen LogP contribution in [-0.2, 0) is 11.2 Å². The van der Waals surface area contributed by atoms with Crippen LogP contribution >= 0.6 is 11.3 Å². The Morgan fingerprint density at radius 3 is 2.92 bits per heavy atom. The van der Waals surface area contributed by atoms with Crippen molar-refractivity contribution in [2.75, 3.05) is 11.9 Å². The molecule has 0 unspecified atom stereocenters. The number of carbonyl (C=O) groups is 1. The van der Waals surface area contributed by atoms with Crippen LogP contribution in [0.5, 0.6) is 11.5 Å². The van der Waals surface area contributed by atoms with Crippen LogP contribution in [0, 0.1) is 0 Å². The largest absolute Gasteiger partial charge is 0.504 e. The van der Waals surface area contributed by atoms with E-state index in [1.165, 1.54) is 23.6 Å². The van der Waals surface area contributed by atoms with Gasteiger partial charge in [-0.1, -0.05) is 12.1 Å². The maximum absolute atomic E-state index is 12.1. The maximum atomic E-state index is 12.1. The summed E-state index contributed by atoms with van der Waals surface area (Å²) in [6.07, 6.45) is 1.60. The molecule has 2 N–H and O–H groups in total. The number of thiazole rings is 1. The number of aromatic nitrogens is 2. The van der Waals surface area contributed by atoms with Crippen LogP contribution in [-0.4, -0.2) is 27.6 Å². The predicted molar refractivity (Wildman–Crippen MR) is 97.0 cm³/mol. The van der Waals surface area contributed by atoms with Crippen LogP contribution in [0.15, 0.2) is 48.0 Å². The lowest BCUT2D eigenvalue weighted by molar-refractivity contribution is -0.115. The summed E-state index contributed by atoms with van der Waals surface area (Å²) in [6, 6.07) is 10.7. The molecule has 7 heteroatoms. The highest BCUT2D eigenvalue weighted by Gasteiger charge is 2.13. The van der Waals surface area contributed by atoms with Crippen molar-refractivity contribution in [3.63, 3.8) is 0 Å². The molecule has 0 aliphatic carbocycles. The Morgan fingerprint density at radius 2 is 2.12 bits per heavy atom. The van der Waals surface area contributed by atoms with E-state index in [4.69, 9.17) is 4.74 Å². The third-order valence-electron chi connectivity index (χ3n) is 3.35. The molecule has 0 radical (unpaired) electrons. The van der Waals surface area contributed by atoms with Crippen LogP contribution in [0.25, 0.3) is 10.6 Å². The highest BCUT2D eigenvalue weighted by Crippen LogP contribution is 2.32. The second-order valence-corrected chi connectivity index (χ2v) is 6.03. The Kier molecular flexibility index (Phi) is 5.25. The van der Waals surface area contributed by atoms with E-state index in [0.29, 0.717) is 12.3 Å². The van der Waals surface area contributed by atoms with Gasteiger partial charge in [0.2, 0.25) is 5.91 Å². The van der Waals surface area contributed by atoms with Gasteiger partial charge in [0.1, 0.15) is 10.8 Å². The van der Waals surface area contributed by atoms with E-state index in [2.05, 4.69) is 15.3 Å². The van der Waals surface area contributed by atoms with Crippen LogP contribution in [0.4, 0.5) is 5.82 Å². The zero-order chi connectivity index (χ0) is 17.6. The fourth-order valence-corrected chi connectivity index (χ4v) is 3.12. The molecule has 0 aliphatic heterocycles. The number of rotatable bonds is 6. The maximum Gasteiger partial charge on any atom is 0.231 e. The number of nitrogens with zero attached hydrogens (tertiary/aromatic N) is 2. The summed E-state index contributed by atoms with van der Waals surface area (Å²) in [4.78, 5) is 20.6. The molecule has 0 bridgehead atoms. The van der Waals surface area contributed by atoms with E-state index >= 15 is 0 Å². The van der Waals surface area contributed by atoms with Crippen LogP contribution in [0.3, 0.4) is 0 Å². The normalized spacial score (nSPS) is 10.4. The highest BCUT2D eigenvalue weighted by atomic mass is 32.1. The van der Waals surface area contributed by atoms with Gasteiger partial charge in [0.25, 0.3) is 0 Å². The van der Waals surface area contributed by atoms with Crippen LogP contribution in [0.1, 0.15) is 12.6 Å². The Bertz CT molecular complexity index is 879. The van der Waals surface area contributed by atoms with Gasteiger partial charge in [-0.2, -0.15) is 0 Å². The lowest BCUT2D eigenvalue weighted by Crippen LogP contribution is -2.15. The molecule has 1 amide bonds. The Balaban J connectivity index is 1.72. The van der Waals surface area contributed by atoms with Gasteiger partial charge in [-0.05, 0) is 31.2 Å². The summed E-state index contributed by atoms with van der Waals surface area (Å²) in [6.45, 7) is 2.51. The number of aromatic hydroxyl groups is 1. The van der Waals surface area contributed by atoms with Crippen molar-refractivity contribution in [1.82, 2.24) is 9.97 Å². The van der Waals surface area contributed by atoms with Gasteiger partial charge in [0.15, 0.2) is 11.6 Å². The molecule has 0 fully saturated rings. The van der Waals surface area contributed by atoms with Crippen molar-refractivity contribution in [3.8, 4) is 22.1 Å². The zero-order valence-electron chi connectivity index (χ0n) is 13.6. The smallest absolute Gasteiger partial charge is 0.231 e. The second-order valence-electron chi connectivity index (χ2n) is 5.17. The molecule has 128 valence electrons. The topological polar surface area (TPSA) is 84.3 Å². The van der Waals surface area contributed by atoms with Gasteiger partial charge in [0, 0.05) is 11.6 Å². The van der Waals surface area contributed by atoms with Crippen molar-refractivity contribution in [1.29, 1.82) is 0 Å². The molecular formula is C18H17N3O3S. The van der Waals surface area contributed by atoms with Gasteiger partial charge in [-0.3, -0.25) is 4.79 Å². The third-order valence-corrected chi connectivity index (χ3v) is 4.28. The molecule has 3 aromatic rings. The first kappa shape index (κ1) is 16.9. The van der Waals surface area contributed by atoms with Gasteiger partial charge >= 0.3 is 0 Å². The minimum atomic E-state index is -0.288. The van der Waals surface area contributed by atoms with Crippen molar-refractivity contribution in [2.24, 2.45) is 0 Å². The average Bonchev–Trinajstić information content (AvgIpc) is 3.06. The minimum Gasteiger partial charge on any atom is -0.504 e. The number of anilines is 1. The molecule has 0 saturated heterocycles. The predicted octanol–water partition coefficient (Wildman–Crippen LogP) is 3.49. The molecule has 3 rings (SSSR count). The second kappa shape index (κ2) is 7.76. The Morgan fingerprint density at radius 1 is 1.28 bits per heavy atom.